The summed E-state index contributed by atoms with van der Waals surface area (Å²) >= 11 is 0. The van der Waals surface area contributed by atoms with E-state index in [1.54, 1.807) is 12.1 Å². The molecule has 0 bridgehead atoms. The van der Waals surface area contributed by atoms with Crippen molar-refractivity contribution in [3.8, 4) is 22.9 Å². The topological polar surface area (TPSA) is 50.1 Å². The van der Waals surface area contributed by atoms with E-state index in [-0.39, 0.29) is 6.42 Å². The van der Waals surface area contributed by atoms with Crippen LogP contribution in [0.3, 0.4) is 0 Å². The maximum absolute atomic E-state index is 12.1. The fraction of sp³-hybridized carbons (Fsp3) is 0.333. The highest BCUT2D eigenvalue weighted by Crippen LogP contribution is 2.23. The molecule has 2 rings (SSSR count). The summed E-state index contributed by atoms with van der Waals surface area (Å²) in [4.78, 5) is 10.7. The number of hydrogen-bond acceptors (Lipinski definition) is 3. The minimum atomic E-state index is -4.72. The van der Waals surface area contributed by atoms with E-state index in [0.717, 1.165) is 23.3 Å². The van der Waals surface area contributed by atoms with Crippen molar-refractivity contribution in [2.75, 3.05) is 6.61 Å². The highest BCUT2D eigenvalue weighted by Gasteiger charge is 2.36. The number of rotatable bonds is 9. The zero-order valence-corrected chi connectivity index (χ0v) is 14.8. The molecule has 0 saturated carbocycles. The Balaban J connectivity index is 1.67. The second kappa shape index (κ2) is 9.77. The number of hydrogen-bond donors (Lipinski definition) is 0. The maximum atomic E-state index is 12.1. The number of carbonyl (C=O) groups is 1. The van der Waals surface area contributed by atoms with Gasteiger partial charge >= 0.3 is 6.18 Å². The fourth-order valence-corrected chi connectivity index (χ4v) is 2.55. The number of unbranched alkanes of at least 4 members (excludes halogenated alkanes) is 3. The number of carbonyl (C=O) groups excluding carboxylic acids is 1. The van der Waals surface area contributed by atoms with Crippen LogP contribution in [0.4, 0.5) is 13.2 Å². The molecule has 0 saturated heterocycles. The van der Waals surface area contributed by atoms with Gasteiger partial charge in [0, 0.05) is 6.42 Å². The average Bonchev–Trinajstić information content (AvgIpc) is 2.67. The molecule has 0 unspecified atom stereocenters. The second-order valence-corrected chi connectivity index (χ2v) is 6.15. The smallest absolute Gasteiger partial charge is 0.449 e. The summed E-state index contributed by atoms with van der Waals surface area (Å²) in [5, 5.41) is 8.82. The molecule has 0 N–H and O–H groups in total. The van der Waals surface area contributed by atoms with Crippen LogP contribution in [0, 0.1) is 11.3 Å². The third-order valence-electron chi connectivity index (χ3n) is 4.08. The van der Waals surface area contributed by atoms with E-state index < -0.39 is 18.4 Å². The number of alkyl halides is 3. The normalized spacial score (nSPS) is 11.0. The Labute approximate surface area is 156 Å². The SMILES string of the molecule is N#Cc1ccc(-c2ccc(OCCCCCCC(=O)C(F)(F)F)cc2)cc1. The van der Waals surface area contributed by atoms with Crippen LogP contribution in [0.15, 0.2) is 48.5 Å². The van der Waals surface area contributed by atoms with Crippen molar-refractivity contribution in [3.63, 3.8) is 0 Å². The van der Waals surface area contributed by atoms with Crippen LogP contribution in [0.25, 0.3) is 11.1 Å². The molecule has 0 aromatic heterocycles. The van der Waals surface area contributed by atoms with Crippen LogP contribution in [-0.4, -0.2) is 18.6 Å². The number of Topliss-reactive ketones (excluding diaryl/α,β-unsaturated/α-hetero) is 1. The van der Waals surface area contributed by atoms with E-state index in [1.165, 1.54) is 0 Å². The van der Waals surface area contributed by atoms with Gasteiger partial charge < -0.3 is 4.74 Å². The lowest BCUT2D eigenvalue weighted by Gasteiger charge is -2.08. The number of ketones is 1. The Morgan fingerprint density at radius 1 is 0.889 bits per heavy atom. The minimum Gasteiger partial charge on any atom is -0.494 e. The van der Waals surface area contributed by atoms with E-state index in [4.69, 9.17) is 10.00 Å². The maximum Gasteiger partial charge on any atom is 0.449 e. The molecule has 27 heavy (non-hydrogen) atoms. The lowest BCUT2D eigenvalue weighted by Crippen LogP contribution is -2.22. The second-order valence-electron chi connectivity index (χ2n) is 6.15. The van der Waals surface area contributed by atoms with Crippen molar-refractivity contribution in [1.29, 1.82) is 5.26 Å². The van der Waals surface area contributed by atoms with Crippen molar-refractivity contribution in [1.82, 2.24) is 0 Å². The zero-order chi connectivity index (χ0) is 19.7. The Morgan fingerprint density at radius 2 is 1.44 bits per heavy atom. The monoisotopic (exact) mass is 375 g/mol. The number of nitrogens with zero attached hydrogens (tertiary/aromatic N) is 1. The van der Waals surface area contributed by atoms with Crippen molar-refractivity contribution >= 4 is 5.78 Å². The van der Waals surface area contributed by atoms with E-state index in [1.807, 2.05) is 36.4 Å². The number of nitriles is 1. The van der Waals surface area contributed by atoms with Gasteiger partial charge in [0.2, 0.25) is 5.78 Å². The molecule has 0 spiro atoms. The van der Waals surface area contributed by atoms with Crippen LogP contribution in [0.2, 0.25) is 0 Å². The Hall–Kier alpha value is -2.81. The zero-order valence-electron chi connectivity index (χ0n) is 14.8. The van der Waals surface area contributed by atoms with Crippen molar-refractivity contribution in [2.45, 2.75) is 38.3 Å². The van der Waals surface area contributed by atoms with Gasteiger partial charge in [0.15, 0.2) is 0 Å². The van der Waals surface area contributed by atoms with Crippen molar-refractivity contribution in [3.05, 3.63) is 54.1 Å². The van der Waals surface area contributed by atoms with Gasteiger partial charge in [-0.2, -0.15) is 18.4 Å². The summed E-state index contributed by atoms with van der Waals surface area (Å²) in [5.74, 6) is -0.930. The van der Waals surface area contributed by atoms with Gasteiger partial charge in [0.05, 0.1) is 18.2 Å². The lowest BCUT2D eigenvalue weighted by atomic mass is 10.0. The third kappa shape index (κ3) is 6.78. The molecule has 0 aliphatic rings. The van der Waals surface area contributed by atoms with Crippen LogP contribution in [-0.2, 0) is 4.79 Å². The number of benzene rings is 2. The molecule has 6 heteroatoms. The Bertz CT molecular complexity index is 775. The standard InChI is InChI=1S/C21H20F3NO2/c22-21(23,24)20(26)5-3-1-2-4-14-27-19-12-10-18(11-13-19)17-8-6-16(15-25)7-9-17/h6-13H,1-5,14H2. The van der Waals surface area contributed by atoms with Gasteiger partial charge in [0.1, 0.15) is 5.75 Å². The van der Waals surface area contributed by atoms with E-state index in [2.05, 4.69) is 6.07 Å². The summed E-state index contributed by atoms with van der Waals surface area (Å²) in [6.45, 7) is 0.476. The molecular formula is C21H20F3NO2. The minimum absolute atomic E-state index is 0.248. The van der Waals surface area contributed by atoms with Crippen LogP contribution in [0.5, 0.6) is 5.75 Å². The molecule has 2 aromatic carbocycles. The first-order chi connectivity index (χ1) is 12.9. The molecule has 0 amide bonds. The molecule has 0 aliphatic heterocycles. The molecule has 0 radical (unpaired) electrons. The molecular weight excluding hydrogens is 355 g/mol. The van der Waals surface area contributed by atoms with Crippen molar-refractivity contribution < 1.29 is 22.7 Å². The molecule has 0 fully saturated rings. The van der Waals surface area contributed by atoms with E-state index in [0.29, 0.717) is 25.0 Å². The largest absolute Gasteiger partial charge is 0.494 e. The summed E-state index contributed by atoms with van der Waals surface area (Å²) < 4.78 is 41.8. The van der Waals surface area contributed by atoms with Gasteiger partial charge in [-0.25, -0.2) is 0 Å². The fourth-order valence-electron chi connectivity index (χ4n) is 2.55. The molecule has 0 aliphatic carbocycles. The first-order valence-corrected chi connectivity index (χ1v) is 8.73. The highest BCUT2D eigenvalue weighted by molar-refractivity contribution is 5.83. The highest BCUT2D eigenvalue weighted by atomic mass is 19.4. The average molecular weight is 375 g/mol. The van der Waals surface area contributed by atoms with Crippen LogP contribution < -0.4 is 4.74 Å². The first kappa shape index (κ1) is 20.5. The van der Waals surface area contributed by atoms with E-state index >= 15 is 0 Å². The van der Waals surface area contributed by atoms with Crippen LogP contribution >= 0.6 is 0 Å². The molecule has 3 nitrogen and oxygen atoms in total. The summed E-state index contributed by atoms with van der Waals surface area (Å²) in [7, 11) is 0. The first-order valence-electron chi connectivity index (χ1n) is 8.73. The molecule has 0 heterocycles. The summed E-state index contributed by atoms with van der Waals surface area (Å²) in [5.41, 5.74) is 2.64. The summed E-state index contributed by atoms with van der Waals surface area (Å²) in [6, 6.07) is 17.0. The third-order valence-corrected chi connectivity index (χ3v) is 4.08. The van der Waals surface area contributed by atoms with Gasteiger partial charge in [-0.15, -0.1) is 0 Å². The predicted molar refractivity (Wildman–Crippen MR) is 96.2 cm³/mol. The Kier molecular flexibility index (Phi) is 7.42. The number of halogens is 3. The van der Waals surface area contributed by atoms with Crippen LogP contribution in [0.1, 0.15) is 37.7 Å². The Morgan fingerprint density at radius 3 is 2.00 bits per heavy atom. The lowest BCUT2D eigenvalue weighted by molar-refractivity contribution is -0.171. The van der Waals surface area contributed by atoms with Gasteiger partial charge in [-0.3, -0.25) is 4.79 Å². The number of ether oxygens (including phenoxy) is 1. The molecule has 0 atom stereocenters. The molecule has 2 aromatic rings. The van der Waals surface area contributed by atoms with E-state index in [9.17, 15) is 18.0 Å². The van der Waals surface area contributed by atoms with Gasteiger partial charge in [0.25, 0.3) is 0 Å². The van der Waals surface area contributed by atoms with Gasteiger partial charge in [-0.1, -0.05) is 37.1 Å². The summed E-state index contributed by atoms with van der Waals surface area (Å²) in [6.07, 6.45) is -2.90. The van der Waals surface area contributed by atoms with Crippen molar-refractivity contribution in [2.24, 2.45) is 0 Å². The predicted octanol–water partition coefficient (Wildman–Crippen LogP) is 5.69. The molecule has 142 valence electrons. The van der Waals surface area contributed by atoms with Gasteiger partial charge in [-0.05, 0) is 48.2 Å². The quantitative estimate of drug-likeness (QED) is 0.529.